The fourth-order valence-corrected chi connectivity index (χ4v) is 3.60. The number of aromatic nitrogens is 5. The molecule has 0 saturated heterocycles. The predicted octanol–water partition coefficient (Wildman–Crippen LogP) is 2.74. The van der Waals surface area contributed by atoms with Gasteiger partial charge in [-0.05, 0) is 48.5 Å². The van der Waals surface area contributed by atoms with E-state index in [1.807, 2.05) is 24.3 Å². The first-order chi connectivity index (χ1) is 15.6. The van der Waals surface area contributed by atoms with Crippen LogP contribution in [0.25, 0.3) is 16.9 Å². The number of fused-ring (bicyclic) bond motifs is 1. The molecule has 0 aliphatic carbocycles. The highest BCUT2D eigenvalue weighted by Crippen LogP contribution is 2.25. The second kappa shape index (κ2) is 9.43. The minimum absolute atomic E-state index is 0.111. The lowest BCUT2D eigenvalue weighted by Crippen LogP contribution is -2.14. The molecule has 10 nitrogen and oxygen atoms in total. The van der Waals surface area contributed by atoms with Gasteiger partial charge in [0.15, 0.2) is 11.2 Å². The number of nitrogens with zero attached hydrogens (tertiary/aromatic N) is 5. The number of rotatable bonds is 7. The molecule has 162 valence electrons. The quantitative estimate of drug-likeness (QED) is 0.257. The number of nitrogens with one attached hydrogen (secondary N) is 1. The third-order valence-electron chi connectivity index (χ3n) is 4.45. The monoisotopic (exact) mass is 450 g/mol. The molecular weight excluding hydrogens is 432 g/mol. The van der Waals surface area contributed by atoms with Crippen molar-refractivity contribution in [2.24, 2.45) is 0 Å². The van der Waals surface area contributed by atoms with Crippen LogP contribution >= 0.6 is 11.8 Å². The van der Waals surface area contributed by atoms with Crippen LogP contribution in [0.3, 0.4) is 0 Å². The highest BCUT2D eigenvalue weighted by molar-refractivity contribution is 8.00. The zero-order chi connectivity index (χ0) is 22.5. The lowest BCUT2D eigenvalue weighted by molar-refractivity contribution is -0.113. The van der Waals surface area contributed by atoms with Gasteiger partial charge in [-0.15, -0.1) is 5.10 Å². The number of esters is 1. The summed E-state index contributed by atoms with van der Waals surface area (Å²) in [6, 6.07) is 13.8. The largest absolute Gasteiger partial charge is 0.497 e. The molecule has 4 rings (SSSR count). The van der Waals surface area contributed by atoms with Gasteiger partial charge in [-0.2, -0.15) is 4.68 Å². The molecule has 0 aliphatic heterocycles. The first-order valence-corrected chi connectivity index (χ1v) is 10.4. The van der Waals surface area contributed by atoms with Gasteiger partial charge in [-0.3, -0.25) is 4.79 Å². The first kappa shape index (κ1) is 21.2. The SMILES string of the molecule is COC(=O)c1ccc(NC(=O)CSc2ncnc3c2nnn3-c2ccc(OC)cc2)cc1. The molecule has 11 heteroatoms. The Labute approximate surface area is 187 Å². The summed E-state index contributed by atoms with van der Waals surface area (Å²) in [6.45, 7) is 0. The maximum atomic E-state index is 12.4. The van der Waals surface area contributed by atoms with Crippen LogP contribution in [0.5, 0.6) is 5.75 Å². The van der Waals surface area contributed by atoms with E-state index in [4.69, 9.17) is 4.74 Å². The molecule has 0 spiro atoms. The van der Waals surface area contributed by atoms with Crippen LogP contribution in [-0.4, -0.2) is 56.8 Å². The Kier molecular flexibility index (Phi) is 6.26. The van der Waals surface area contributed by atoms with Crippen molar-refractivity contribution in [3.63, 3.8) is 0 Å². The molecule has 32 heavy (non-hydrogen) atoms. The maximum absolute atomic E-state index is 12.4. The number of hydrogen-bond acceptors (Lipinski definition) is 9. The van der Waals surface area contributed by atoms with Gasteiger partial charge in [-0.1, -0.05) is 17.0 Å². The number of methoxy groups -OCH3 is 2. The van der Waals surface area contributed by atoms with Gasteiger partial charge in [0, 0.05) is 5.69 Å². The number of carbonyl (C=O) groups excluding carboxylic acids is 2. The molecule has 0 unspecified atom stereocenters. The van der Waals surface area contributed by atoms with Gasteiger partial charge < -0.3 is 14.8 Å². The molecule has 2 aromatic carbocycles. The van der Waals surface area contributed by atoms with Crippen molar-refractivity contribution in [3.05, 3.63) is 60.4 Å². The minimum Gasteiger partial charge on any atom is -0.497 e. The van der Waals surface area contributed by atoms with Crippen LogP contribution in [0.4, 0.5) is 5.69 Å². The predicted molar refractivity (Wildman–Crippen MR) is 118 cm³/mol. The second-order valence-electron chi connectivity index (χ2n) is 6.46. The summed E-state index contributed by atoms with van der Waals surface area (Å²) in [5, 5.41) is 11.7. The number of ether oxygens (including phenoxy) is 2. The molecule has 4 aromatic rings. The molecule has 0 aliphatic rings. The molecular formula is C21H18N6O4S. The summed E-state index contributed by atoms with van der Waals surface area (Å²) >= 11 is 1.23. The molecule has 0 atom stereocenters. The van der Waals surface area contributed by atoms with E-state index in [0.717, 1.165) is 11.4 Å². The van der Waals surface area contributed by atoms with Crippen LogP contribution < -0.4 is 10.1 Å². The zero-order valence-electron chi connectivity index (χ0n) is 17.2. The molecule has 0 radical (unpaired) electrons. The number of hydrogen-bond donors (Lipinski definition) is 1. The van der Waals surface area contributed by atoms with Gasteiger partial charge in [0.1, 0.15) is 17.1 Å². The Morgan fingerprint density at radius 3 is 2.47 bits per heavy atom. The van der Waals surface area contributed by atoms with Crippen molar-refractivity contribution in [2.75, 3.05) is 25.3 Å². The number of benzene rings is 2. The third-order valence-corrected chi connectivity index (χ3v) is 5.43. The first-order valence-electron chi connectivity index (χ1n) is 9.41. The van der Waals surface area contributed by atoms with E-state index in [0.29, 0.717) is 27.4 Å². The van der Waals surface area contributed by atoms with E-state index < -0.39 is 5.97 Å². The molecule has 1 amide bonds. The number of thioether (sulfide) groups is 1. The lowest BCUT2D eigenvalue weighted by Gasteiger charge is -2.06. The maximum Gasteiger partial charge on any atom is 0.337 e. The summed E-state index contributed by atoms with van der Waals surface area (Å²) in [7, 11) is 2.92. The van der Waals surface area contributed by atoms with Gasteiger partial charge >= 0.3 is 5.97 Å². The van der Waals surface area contributed by atoms with Crippen molar-refractivity contribution < 1.29 is 19.1 Å². The minimum atomic E-state index is -0.436. The molecule has 2 heterocycles. The van der Waals surface area contributed by atoms with E-state index in [-0.39, 0.29) is 11.7 Å². The van der Waals surface area contributed by atoms with Crippen LogP contribution in [0.2, 0.25) is 0 Å². The number of carbonyl (C=O) groups is 2. The second-order valence-corrected chi connectivity index (χ2v) is 7.42. The smallest absolute Gasteiger partial charge is 0.337 e. The number of anilines is 1. The zero-order valence-corrected chi connectivity index (χ0v) is 18.0. The molecule has 0 saturated carbocycles. The average molecular weight is 450 g/mol. The summed E-state index contributed by atoms with van der Waals surface area (Å²) in [5.41, 5.74) is 2.79. The summed E-state index contributed by atoms with van der Waals surface area (Å²) in [6.07, 6.45) is 1.41. The highest BCUT2D eigenvalue weighted by atomic mass is 32.2. The Balaban J connectivity index is 1.44. The van der Waals surface area contributed by atoms with Crippen molar-refractivity contribution >= 4 is 40.5 Å². The van der Waals surface area contributed by atoms with Crippen LogP contribution in [0.1, 0.15) is 10.4 Å². The van der Waals surface area contributed by atoms with Crippen molar-refractivity contribution in [1.29, 1.82) is 0 Å². The Morgan fingerprint density at radius 1 is 1.03 bits per heavy atom. The van der Waals surface area contributed by atoms with E-state index in [2.05, 4.69) is 30.3 Å². The summed E-state index contributed by atoms with van der Waals surface area (Å²) in [4.78, 5) is 32.4. The van der Waals surface area contributed by atoms with E-state index >= 15 is 0 Å². The number of amides is 1. The fraction of sp³-hybridized carbons (Fsp3) is 0.143. The Morgan fingerprint density at radius 2 is 1.78 bits per heavy atom. The highest BCUT2D eigenvalue weighted by Gasteiger charge is 2.15. The topological polar surface area (TPSA) is 121 Å². The summed E-state index contributed by atoms with van der Waals surface area (Å²) < 4.78 is 11.4. The van der Waals surface area contributed by atoms with Crippen molar-refractivity contribution in [2.45, 2.75) is 5.03 Å². The fourth-order valence-electron chi connectivity index (χ4n) is 2.87. The van der Waals surface area contributed by atoms with Gasteiger partial charge in [0.05, 0.1) is 31.2 Å². The molecule has 0 fully saturated rings. The van der Waals surface area contributed by atoms with Crippen LogP contribution in [-0.2, 0) is 9.53 Å². The molecule has 0 bridgehead atoms. The van der Waals surface area contributed by atoms with Crippen molar-refractivity contribution in [3.8, 4) is 11.4 Å². The van der Waals surface area contributed by atoms with Gasteiger partial charge in [-0.25, -0.2) is 14.8 Å². The molecule has 2 aromatic heterocycles. The van der Waals surface area contributed by atoms with Crippen molar-refractivity contribution in [1.82, 2.24) is 25.0 Å². The Hall–Kier alpha value is -3.99. The average Bonchev–Trinajstić information content (AvgIpc) is 3.27. The van der Waals surface area contributed by atoms with Gasteiger partial charge in [0.25, 0.3) is 0 Å². The van der Waals surface area contributed by atoms with Gasteiger partial charge in [0.2, 0.25) is 5.91 Å². The lowest BCUT2D eigenvalue weighted by atomic mass is 10.2. The Bertz CT molecular complexity index is 1260. The van der Waals surface area contributed by atoms with E-state index in [9.17, 15) is 9.59 Å². The van der Waals surface area contributed by atoms with E-state index in [1.54, 1.807) is 36.1 Å². The normalized spacial score (nSPS) is 10.7. The van der Waals surface area contributed by atoms with E-state index in [1.165, 1.54) is 25.2 Å². The van der Waals surface area contributed by atoms with Crippen LogP contribution in [0, 0.1) is 0 Å². The standard InChI is InChI=1S/C21H18N6O4S/c1-30-16-9-7-15(8-10-16)27-19-18(25-26-27)20(23-12-22-19)32-11-17(28)24-14-5-3-13(4-6-14)21(29)31-2/h3-10,12H,11H2,1-2H3,(H,24,28). The molecule has 1 N–H and O–H groups in total. The van der Waals surface area contributed by atoms with Crippen LogP contribution in [0.15, 0.2) is 59.9 Å². The third kappa shape index (κ3) is 4.52. The summed E-state index contributed by atoms with van der Waals surface area (Å²) in [5.74, 6) is 0.180.